The molecule has 1 aromatic carbocycles. The number of halogens is 1. The molecular formula is C15H16BrNO2. The molecule has 0 spiro atoms. The smallest absolute Gasteiger partial charge is 0.197 e. The van der Waals surface area contributed by atoms with Gasteiger partial charge in [-0.25, -0.2) is 0 Å². The van der Waals surface area contributed by atoms with E-state index in [4.69, 9.17) is 4.74 Å². The molecular weight excluding hydrogens is 306 g/mol. The molecule has 1 atom stereocenters. The summed E-state index contributed by atoms with van der Waals surface area (Å²) in [7, 11) is 0. The molecule has 0 amide bonds. The number of hydrogen-bond donors (Lipinski definition) is 1. The van der Waals surface area contributed by atoms with E-state index in [1.807, 2.05) is 42.6 Å². The molecule has 0 bridgehead atoms. The van der Waals surface area contributed by atoms with Crippen LogP contribution in [0.4, 0.5) is 0 Å². The van der Waals surface area contributed by atoms with Crippen molar-refractivity contribution in [2.24, 2.45) is 0 Å². The Labute approximate surface area is 121 Å². The number of hydrogen-bond acceptors (Lipinski definition) is 3. The van der Waals surface area contributed by atoms with Crippen LogP contribution >= 0.6 is 15.9 Å². The maximum atomic E-state index is 9.80. The number of ether oxygens (including phenoxy) is 1. The van der Waals surface area contributed by atoms with Gasteiger partial charge in [0.25, 0.3) is 0 Å². The third-order valence-corrected chi connectivity index (χ3v) is 3.25. The van der Waals surface area contributed by atoms with Crippen LogP contribution < -0.4 is 4.74 Å². The normalized spacial score (nSPS) is 12.1. The van der Waals surface area contributed by atoms with E-state index in [9.17, 15) is 5.11 Å². The molecule has 1 N–H and O–H groups in total. The third kappa shape index (κ3) is 5.01. The van der Waals surface area contributed by atoms with Crippen LogP contribution in [0.3, 0.4) is 0 Å². The molecule has 0 aliphatic heterocycles. The second-order valence-electron chi connectivity index (χ2n) is 4.28. The summed E-state index contributed by atoms with van der Waals surface area (Å²) >= 11 is 3.36. The molecule has 1 unspecified atom stereocenters. The third-order valence-electron chi connectivity index (χ3n) is 2.73. The molecule has 3 nitrogen and oxygen atoms in total. The Morgan fingerprint density at radius 2 is 2.00 bits per heavy atom. The number of aryl methyl sites for hydroxylation is 1. The molecule has 0 fully saturated rings. The standard InChI is InChI=1S/C15H16BrNO2/c16-13-6-8-14(9-7-13)19-15(18)5-1-3-12-4-2-10-17-11-12/h2,4,6-11,15,18H,1,3,5H2. The summed E-state index contributed by atoms with van der Waals surface area (Å²) < 4.78 is 6.42. The minimum absolute atomic E-state index is 0.602. The van der Waals surface area contributed by atoms with Crippen molar-refractivity contribution in [2.75, 3.05) is 0 Å². The van der Waals surface area contributed by atoms with Crippen LogP contribution in [0.1, 0.15) is 18.4 Å². The van der Waals surface area contributed by atoms with Gasteiger partial charge in [0, 0.05) is 23.3 Å². The van der Waals surface area contributed by atoms with Crippen LogP contribution in [0.5, 0.6) is 5.75 Å². The number of aliphatic hydroxyl groups is 1. The van der Waals surface area contributed by atoms with Gasteiger partial charge in [0.2, 0.25) is 0 Å². The molecule has 0 saturated carbocycles. The van der Waals surface area contributed by atoms with Gasteiger partial charge in [-0.2, -0.15) is 0 Å². The fourth-order valence-electron chi connectivity index (χ4n) is 1.76. The zero-order valence-corrected chi connectivity index (χ0v) is 12.1. The quantitative estimate of drug-likeness (QED) is 0.827. The zero-order valence-electron chi connectivity index (χ0n) is 10.5. The Kier molecular flexibility index (Phi) is 5.36. The van der Waals surface area contributed by atoms with E-state index in [0.29, 0.717) is 12.2 Å². The van der Waals surface area contributed by atoms with E-state index in [1.165, 1.54) is 5.56 Å². The minimum Gasteiger partial charge on any atom is -0.465 e. The molecule has 1 aromatic heterocycles. The highest BCUT2D eigenvalue weighted by Gasteiger charge is 2.06. The number of nitrogens with zero attached hydrogens (tertiary/aromatic N) is 1. The summed E-state index contributed by atoms with van der Waals surface area (Å²) in [5, 5.41) is 9.80. The number of rotatable bonds is 6. The number of aromatic nitrogens is 1. The summed E-state index contributed by atoms with van der Waals surface area (Å²) in [6.07, 6.45) is 5.21. The van der Waals surface area contributed by atoms with Gasteiger partial charge in [0.15, 0.2) is 6.29 Å². The van der Waals surface area contributed by atoms with Crippen LogP contribution in [-0.2, 0) is 6.42 Å². The molecule has 0 radical (unpaired) electrons. The average molecular weight is 322 g/mol. The Hall–Kier alpha value is -1.39. The lowest BCUT2D eigenvalue weighted by Gasteiger charge is -2.13. The highest BCUT2D eigenvalue weighted by molar-refractivity contribution is 9.10. The SMILES string of the molecule is OC(CCCc1cccnc1)Oc1ccc(Br)cc1. The monoisotopic (exact) mass is 321 g/mol. The number of aliphatic hydroxyl groups excluding tert-OH is 1. The van der Waals surface area contributed by atoms with E-state index in [1.54, 1.807) is 6.20 Å². The lowest BCUT2D eigenvalue weighted by atomic mass is 10.1. The van der Waals surface area contributed by atoms with Gasteiger partial charge in [-0.15, -0.1) is 0 Å². The first-order valence-electron chi connectivity index (χ1n) is 6.23. The van der Waals surface area contributed by atoms with Crippen LogP contribution in [0.15, 0.2) is 53.3 Å². The van der Waals surface area contributed by atoms with E-state index in [-0.39, 0.29) is 0 Å². The first-order chi connectivity index (χ1) is 9.24. The molecule has 2 aromatic rings. The highest BCUT2D eigenvalue weighted by atomic mass is 79.9. The molecule has 100 valence electrons. The van der Waals surface area contributed by atoms with Crippen molar-refractivity contribution in [3.05, 3.63) is 58.8 Å². The van der Waals surface area contributed by atoms with Crippen molar-refractivity contribution in [2.45, 2.75) is 25.6 Å². The Balaban J connectivity index is 1.73. The van der Waals surface area contributed by atoms with Crippen molar-refractivity contribution >= 4 is 15.9 Å². The summed E-state index contributed by atoms with van der Waals surface area (Å²) in [5.74, 6) is 0.678. The highest BCUT2D eigenvalue weighted by Crippen LogP contribution is 2.18. The first kappa shape index (κ1) is 14.0. The van der Waals surface area contributed by atoms with Crippen LogP contribution in [0.2, 0.25) is 0 Å². The van der Waals surface area contributed by atoms with Crippen LogP contribution in [-0.4, -0.2) is 16.4 Å². The fraction of sp³-hybridized carbons (Fsp3) is 0.267. The van der Waals surface area contributed by atoms with E-state index in [2.05, 4.69) is 20.9 Å². The largest absolute Gasteiger partial charge is 0.465 e. The van der Waals surface area contributed by atoms with Crippen LogP contribution in [0, 0.1) is 0 Å². The topological polar surface area (TPSA) is 42.4 Å². The molecule has 0 aliphatic carbocycles. The fourth-order valence-corrected chi connectivity index (χ4v) is 2.02. The minimum atomic E-state index is -0.766. The molecule has 4 heteroatoms. The van der Waals surface area contributed by atoms with Crippen molar-refractivity contribution in [1.29, 1.82) is 0 Å². The maximum absolute atomic E-state index is 9.80. The van der Waals surface area contributed by atoms with Gasteiger partial charge in [-0.3, -0.25) is 4.98 Å². The van der Waals surface area contributed by atoms with Crippen molar-refractivity contribution in [1.82, 2.24) is 4.98 Å². The number of benzene rings is 1. The maximum Gasteiger partial charge on any atom is 0.197 e. The lowest BCUT2D eigenvalue weighted by molar-refractivity contribution is -0.0241. The van der Waals surface area contributed by atoms with E-state index < -0.39 is 6.29 Å². The van der Waals surface area contributed by atoms with Gasteiger partial charge in [0.1, 0.15) is 5.75 Å². The average Bonchev–Trinajstić information content (AvgIpc) is 2.43. The lowest BCUT2D eigenvalue weighted by Crippen LogP contribution is -2.15. The van der Waals surface area contributed by atoms with Crippen molar-refractivity contribution in [3.63, 3.8) is 0 Å². The van der Waals surface area contributed by atoms with E-state index >= 15 is 0 Å². The molecule has 2 rings (SSSR count). The van der Waals surface area contributed by atoms with Gasteiger partial charge in [-0.05, 0) is 48.7 Å². The first-order valence-corrected chi connectivity index (χ1v) is 7.02. The van der Waals surface area contributed by atoms with Crippen molar-refractivity contribution < 1.29 is 9.84 Å². The zero-order chi connectivity index (χ0) is 13.5. The van der Waals surface area contributed by atoms with Gasteiger partial charge >= 0.3 is 0 Å². The Bertz CT molecular complexity index is 487. The number of pyridine rings is 1. The Morgan fingerprint density at radius 1 is 1.21 bits per heavy atom. The summed E-state index contributed by atoms with van der Waals surface area (Å²) in [5.41, 5.74) is 1.18. The molecule has 1 heterocycles. The van der Waals surface area contributed by atoms with Gasteiger partial charge < -0.3 is 9.84 Å². The van der Waals surface area contributed by atoms with E-state index in [0.717, 1.165) is 17.3 Å². The molecule has 19 heavy (non-hydrogen) atoms. The molecule has 0 aliphatic rings. The van der Waals surface area contributed by atoms with Gasteiger partial charge in [0.05, 0.1) is 0 Å². The Morgan fingerprint density at radius 3 is 2.68 bits per heavy atom. The predicted octanol–water partition coefficient (Wildman–Crippen LogP) is 3.56. The second kappa shape index (κ2) is 7.26. The summed E-state index contributed by atoms with van der Waals surface area (Å²) in [4.78, 5) is 4.06. The van der Waals surface area contributed by atoms with Crippen molar-refractivity contribution in [3.8, 4) is 5.75 Å². The predicted molar refractivity (Wildman–Crippen MR) is 78.0 cm³/mol. The summed E-state index contributed by atoms with van der Waals surface area (Å²) in [6.45, 7) is 0. The molecule has 0 saturated heterocycles. The second-order valence-corrected chi connectivity index (χ2v) is 5.20. The summed E-state index contributed by atoms with van der Waals surface area (Å²) in [6, 6.07) is 11.4. The van der Waals surface area contributed by atoms with Crippen LogP contribution in [0.25, 0.3) is 0 Å². The van der Waals surface area contributed by atoms with Gasteiger partial charge in [-0.1, -0.05) is 22.0 Å².